The molecule has 0 aliphatic heterocycles. The number of phenolic OH excluding ortho intramolecular Hbond substituents is 1. The van der Waals surface area contributed by atoms with E-state index >= 15 is 0 Å². The van der Waals surface area contributed by atoms with Crippen molar-refractivity contribution in [2.45, 2.75) is 0 Å². The predicted octanol–water partition coefficient (Wildman–Crippen LogP) is 2.47. The fourth-order valence-corrected chi connectivity index (χ4v) is 1.32. The highest BCUT2D eigenvalue weighted by molar-refractivity contribution is 5.85. The van der Waals surface area contributed by atoms with Crippen LogP contribution in [0.15, 0.2) is 34.7 Å². The Morgan fingerprint density at radius 3 is 2.56 bits per heavy atom. The minimum atomic E-state index is 0. The number of anilines is 1. The summed E-state index contributed by atoms with van der Waals surface area (Å²) in [5.74, 6) is 0.692. The smallest absolute Gasteiger partial charge is 0.185 e. The van der Waals surface area contributed by atoms with Crippen LogP contribution in [-0.2, 0) is 0 Å². The number of furan rings is 1. The summed E-state index contributed by atoms with van der Waals surface area (Å²) in [6.45, 7) is 0. The summed E-state index contributed by atoms with van der Waals surface area (Å²) in [5.41, 5.74) is 6.47. The quantitative estimate of drug-likeness (QED) is 0.624. The van der Waals surface area contributed by atoms with Crippen LogP contribution in [-0.4, -0.2) is 11.4 Å². The minimum absolute atomic E-state index is 0. The molecular formula is C11H10ClNO3. The molecule has 1 heterocycles. The molecule has 0 radical (unpaired) electrons. The van der Waals surface area contributed by atoms with Crippen molar-refractivity contribution in [2.75, 3.05) is 5.73 Å². The Morgan fingerprint density at radius 1 is 1.25 bits per heavy atom. The molecule has 0 saturated heterocycles. The molecule has 0 aliphatic rings. The highest BCUT2D eigenvalue weighted by Crippen LogP contribution is 2.31. The van der Waals surface area contributed by atoms with E-state index in [4.69, 9.17) is 10.2 Å². The molecule has 4 nitrogen and oxygen atoms in total. The molecule has 3 N–H and O–H groups in total. The molecule has 2 aromatic rings. The van der Waals surface area contributed by atoms with Crippen molar-refractivity contribution in [3.05, 3.63) is 36.1 Å². The van der Waals surface area contributed by atoms with Gasteiger partial charge in [-0.05, 0) is 24.3 Å². The molecule has 1 aromatic carbocycles. The van der Waals surface area contributed by atoms with E-state index in [1.165, 1.54) is 12.1 Å². The average molecular weight is 240 g/mol. The molecule has 5 heteroatoms. The number of hydrogen-bond donors (Lipinski definition) is 2. The van der Waals surface area contributed by atoms with Gasteiger partial charge >= 0.3 is 0 Å². The highest BCUT2D eigenvalue weighted by atomic mass is 35.5. The third-order valence-corrected chi connectivity index (χ3v) is 2.03. The number of benzene rings is 1. The molecule has 84 valence electrons. The molecule has 0 atom stereocenters. The van der Waals surface area contributed by atoms with Gasteiger partial charge in [0.2, 0.25) is 0 Å². The molecule has 1 aromatic heterocycles. The summed E-state index contributed by atoms with van der Waals surface area (Å²) in [4.78, 5) is 10.4. The Hall–Kier alpha value is -1.94. The lowest BCUT2D eigenvalue weighted by molar-refractivity contribution is 0.110. The molecule has 0 unspecified atom stereocenters. The molecular weight excluding hydrogens is 230 g/mol. The summed E-state index contributed by atoms with van der Waals surface area (Å²) in [6.07, 6.45) is 0.609. The van der Waals surface area contributed by atoms with Gasteiger partial charge in [0.05, 0.1) is 5.56 Å². The average Bonchev–Trinajstić information content (AvgIpc) is 2.66. The second-order valence-corrected chi connectivity index (χ2v) is 3.10. The van der Waals surface area contributed by atoms with Crippen molar-refractivity contribution in [1.29, 1.82) is 0 Å². The van der Waals surface area contributed by atoms with Gasteiger partial charge in [0.1, 0.15) is 11.5 Å². The molecule has 0 aliphatic carbocycles. The Kier molecular flexibility index (Phi) is 3.58. The Balaban J connectivity index is 0.00000128. The van der Waals surface area contributed by atoms with Gasteiger partial charge in [0.15, 0.2) is 12.0 Å². The number of nitrogen functional groups attached to an aromatic ring is 1. The summed E-state index contributed by atoms with van der Waals surface area (Å²) >= 11 is 0. The fraction of sp³-hybridized carbons (Fsp3) is 0. The first kappa shape index (κ1) is 12.1. The molecule has 0 amide bonds. The first-order valence-electron chi connectivity index (χ1n) is 4.34. The number of nitrogens with two attached hydrogens (primary N) is 1. The normalized spacial score (nSPS) is 9.50. The first-order chi connectivity index (χ1) is 7.20. The topological polar surface area (TPSA) is 76.5 Å². The van der Waals surface area contributed by atoms with Crippen LogP contribution >= 0.6 is 12.4 Å². The van der Waals surface area contributed by atoms with Crippen LogP contribution in [0.4, 0.5) is 5.69 Å². The maximum atomic E-state index is 10.4. The van der Waals surface area contributed by atoms with Gasteiger partial charge in [-0.25, -0.2) is 0 Å². The van der Waals surface area contributed by atoms with E-state index in [9.17, 15) is 9.90 Å². The van der Waals surface area contributed by atoms with Crippen molar-refractivity contribution >= 4 is 24.4 Å². The zero-order chi connectivity index (χ0) is 10.8. The maximum Gasteiger partial charge on any atom is 0.185 e. The van der Waals surface area contributed by atoms with Gasteiger partial charge in [-0.15, -0.1) is 12.4 Å². The van der Waals surface area contributed by atoms with Crippen molar-refractivity contribution in [1.82, 2.24) is 0 Å². The third kappa shape index (κ3) is 2.17. The number of rotatable bonds is 2. The number of carbonyl (C=O) groups excluding carboxylic acids is 1. The van der Waals surface area contributed by atoms with Crippen LogP contribution < -0.4 is 5.73 Å². The van der Waals surface area contributed by atoms with Gasteiger partial charge < -0.3 is 15.3 Å². The summed E-state index contributed by atoms with van der Waals surface area (Å²) in [5, 5.41) is 9.60. The van der Waals surface area contributed by atoms with Gasteiger partial charge in [0.25, 0.3) is 0 Å². The largest absolute Gasteiger partial charge is 0.507 e. The van der Waals surface area contributed by atoms with Crippen LogP contribution in [0.1, 0.15) is 10.6 Å². The van der Waals surface area contributed by atoms with Crippen molar-refractivity contribution < 1.29 is 14.3 Å². The van der Waals surface area contributed by atoms with Crippen LogP contribution in [0.25, 0.3) is 11.3 Å². The van der Waals surface area contributed by atoms with Crippen LogP contribution in [0.2, 0.25) is 0 Å². The van der Waals surface area contributed by atoms with E-state index < -0.39 is 0 Å². The molecule has 0 saturated carbocycles. The second kappa shape index (κ2) is 4.72. The summed E-state index contributed by atoms with van der Waals surface area (Å²) in [7, 11) is 0. The van der Waals surface area contributed by atoms with E-state index in [0.29, 0.717) is 23.3 Å². The second-order valence-electron chi connectivity index (χ2n) is 3.10. The van der Waals surface area contributed by atoms with E-state index in [1.54, 1.807) is 18.2 Å². The van der Waals surface area contributed by atoms with Crippen LogP contribution in [0.3, 0.4) is 0 Å². The fourth-order valence-electron chi connectivity index (χ4n) is 1.32. The highest BCUT2D eigenvalue weighted by Gasteiger charge is 2.08. The summed E-state index contributed by atoms with van der Waals surface area (Å²) in [6, 6.07) is 7.88. The number of carbonyl (C=O) groups is 1. The summed E-state index contributed by atoms with van der Waals surface area (Å²) < 4.78 is 5.17. The van der Waals surface area contributed by atoms with E-state index in [1.807, 2.05) is 0 Å². The molecule has 2 rings (SSSR count). The molecule has 0 bridgehead atoms. The number of aldehydes is 1. The zero-order valence-corrected chi connectivity index (χ0v) is 9.03. The van der Waals surface area contributed by atoms with Crippen molar-refractivity contribution in [3.8, 4) is 17.1 Å². The predicted molar refractivity (Wildman–Crippen MR) is 62.9 cm³/mol. The van der Waals surface area contributed by atoms with Gasteiger partial charge in [0, 0.05) is 11.8 Å². The van der Waals surface area contributed by atoms with Gasteiger partial charge in [-0.3, -0.25) is 4.79 Å². The standard InChI is InChI=1S/C11H9NO3.ClH/c12-7-1-3-9(10(14)5-7)11-4-2-8(6-13)15-11;/h1-6,14H,12H2;1H. The Morgan fingerprint density at radius 2 is 2.00 bits per heavy atom. The third-order valence-electron chi connectivity index (χ3n) is 2.03. The Bertz CT molecular complexity index is 508. The molecule has 16 heavy (non-hydrogen) atoms. The van der Waals surface area contributed by atoms with Crippen molar-refractivity contribution in [3.63, 3.8) is 0 Å². The van der Waals surface area contributed by atoms with E-state index in [0.717, 1.165) is 0 Å². The maximum absolute atomic E-state index is 10.4. The number of halogens is 1. The van der Waals surface area contributed by atoms with Crippen LogP contribution in [0, 0.1) is 0 Å². The van der Waals surface area contributed by atoms with E-state index in [2.05, 4.69) is 0 Å². The monoisotopic (exact) mass is 239 g/mol. The van der Waals surface area contributed by atoms with Crippen molar-refractivity contribution in [2.24, 2.45) is 0 Å². The number of phenols is 1. The number of hydrogen-bond acceptors (Lipinski definition) is 4. The first-order valence-corrected chi connectivity index (χ1v) is 4.34. The SMILES string of the molecule is Cl.Nc1ccc(-c2ccc(C=O)o2)c(O)c1. The molecule has 0 spiro atoms. The lowest BCUT2D eigenvalue weighted by atomic mass is 10.1. The lowest BCUT2D eigenvalue weighted by Gasteiger charge is -2.01. The molecule has 0 fully saturated rings. The minimum Gasteiger partial charge on any atom is -0.507 e. The number of aromatic hydroxyl groups is 1. The Labute approximate surface area is 98.1 Å². The van der Waals surface area contributed by atoms with Crippen LogP contribution in [0.5, 0.6) is 5.75 Å². The van der Waals surface area contributed by atoms with Gasteiger partial charge in [-0.2, -0.15) is 0 Å². The van der Waals surface area contributed by atoms with E-state index in [-0.39, 0.29) is 23.9 Å². The lowest BCUT2D eigenvalue weighted by Crippen LogP contribution is -1.84. The zero-order valence-electron chi connectivity index (χ0n) is 8.21. The van der Waals surface area contributed by atoms with Gasteiger partial charge in [-0.1, -0.05) is 0 Å².